The molecule has 0 unspecified atom stereocenters. The van der Waals surface area contributed by atoms with Crippen molar-refractivity contribution < 1.29 is 13.9 Å². The Morgan fingerprint density at radius 3 is 2.63 bits per heavy atom. The summed E-state index contributed by atoms with van der Waals surface area (Å²) >= 11 is 0. The van der Waals surface area contributed by atoms with Crippen LogP contribution in [0.4, 0.5) is 5.69 Å². The number of hydrogen-bond acceptors (Lipinski definition) is 5. The summed E-state index contributed by atoms with van der Waals surface area (Å²) in [7, 11) is 0. The van der Waals surface area contributed by atoms with Gasteiger partial charge in [-0.2, -0.15) is 0 Å². The molecule has 4 rings (SSSR count). The van der Waals surface area contributed by atoms with Crippen molar-refractivity contribution in [2.45, 2.75) is 6.92 Å². The second kappa shape index (κ2) is 8.08. The minimum atomic E-state index is -0.246. The van der Waals surface area contributed by atoms with E-state index in [1.807, 2.05) is 43.3 Å². The number of nitrogens with one attached hydrogen (secondary N) is 2. The minimum Gasteiger partial charge on any atom is -0.483 e. The number of aromatic nitrogens is 1. The van der Waals surface area contributed by atoms with Crippen molar-refractivity contribution in [3.8, 4) is 17.2 Å². The molecule has 4 N–H and O–H groups in total. The van der Waals surface area contributed by atoms with Gasteiger partial charge >= 0.3 is 0 Å². The van der Waals surface area contributed by atoms with Gasteiger partial charge in [0.2, 0.25) is 5.89 Å². The van der Waals surface area contributed by atoms with E-state index in [4.69, 9.17) is 20.3 Å². The second-order valence-electron chi connectivity index (χ2n) is 6.79. The normalized spacial score (nSPS) is 10.7. The van der Waals surface area contributed by atoms with Gasteiger partial charge in [0.05, 0.1) is 0 Å². The van der Waals surface area contributed by atoms with Crippen LogP contribution in [-0.2, 0) is 4.79 Å². The van der Waals surface area contributed by atoms with Crippen molar-refractivity contribution in [1.29, 1.82) is 5.41 Å². The van der Waals surface area contributed by atoms with E-state index in [0.717, 1.165) is 11.1 Å². The van der Waals surface area contributed by atoms with Crippen molar-refractivity contribution in [2.75, 3.05) is 11.9 Å². The van der Waals surface area contributed by atoms with Crippen LogP contribution in [0.3, 0.4) is 0 Å². The molecule has 1 amide bonds. The highest BCUT2D eigenvalue weighted by atomic mass is 16.5. The number of carbonyl (C=O) groups excluding carboxylic acids is 1. The summed E-state index contributed by atoms with van der Waals surface area (Å²) < 4.78 is 11.3. The maximum atomic E-state index is 12.2. The number of para-hydroxylation sites is 1. The summed E-state index contributed by atoms with van der Waals surface area (Å²) in [5.74, 6) is 0.871. The standard InChI is InChI=1S/C23H20N4O3/c1-14-4-2-3-5-19(14)29-13-21(28)26-17-9-6-15(7-10-17)23-27-18-12-16(22(24)25)8-11-20(18)30-23/h2-12H,13H2,1H3,(H3,24,25)(H,26,28). The molecule has 3 aromatic carbocycles. The van der Waals surface area contributed by atoms with Crippen molar-refractivity contribution in [1.82, 2.24) is 4.98 Å². The zero-order valence-corrected chi connectivity index (χ0v) is 16.3. The maximum Gasteiger partial charge on any atom is 0.262 e. The summed E-state index contributed by atoms with van der Waals surface area (Å²) in [6, 6.07) is 19.9. The van der Waals surface area contributed by atoms with Crippen LogP contribution >= 0.6 is 0 Å². The average Bonchev–Trinajstić information content (AvgIpc) is 3.17. The molecule has 150 valence electrons. The number of ether oxygens (including phenoxy) is 1. The smallest absolute Gasteiger partial charge is 0.262 e. The fourth-order valence-electron chi connectivity index (χ4n) is 2.97. The molecular weight excluding hydrogens is 380 g/mol. The van der Waals surface area contributed by atoms with Gasteiger partial charge in [0, 0.05) is 16.8 Å². The minimum absolute atomic E-state index is 0.0204. The highest BCUT2D eigenvalue weighted by Crippen LogP contribution is 2.26. The molecule has 0 atom stereocenters. The molecule has 0 radical (unpaired) electrons. The Bertz CT molecular complexity index is 1230. The van der Waals surface area contributed by atoms with Crippen molar-refractivity contribution in [3.05, 3.63) is 77.9 Å². The molecule has 0 aliphatic heterocycles. The lowest BCUT2D eigenvalue weighted by atomic mass is 10.2. The van der Waals surface area contributed by atoms with Crippen LogP contribution in [-0.4, -0.2) is 23.3 Å². The van der Waals surface area contributed by atoms with E-state index in [-0.39, 0.29) is 18.3 Å². The van der Waals surface area contributed by atoms with Gasteiger partial charge in [-0.1, -0.05) is 18.2 Å². The Labute approximate surface area is 173 Å². The molecule has 0 fully saturated rings. The number of nitrogens with two attached hydrogens (primary N) is 1. The van der Waals surface area contributed by atoms with Gasteiger partial charge in [0.15, 0.2) is 12.2 Å². The molecular formula is C23H20N4O3. The van der Waals surface area contributed by atoms with E-state index >= 15 is 0 Å². The molecule has 0 spiro atoms. The van der Waals surface area contributed by atoms with Gasteiger partial charge in [-0.05, 0) is 61.0 Å². The lowest BCUT2D eigenvalue weighted by Gasteiger charge is -2.09. The Hall–Kier alpha value is -4.13. The Balaban J connectivity index is 1.42. The fourth-order valence-corrected chi connectivity index (χ4v) is 2.97. The first-order valence-electron chi connectivity index (χ1n) is 9.33. The predicted octanol–water partition coefficient (Wildman–Crippen LogP) is 4.10. The number of carbonyl (C=O) groups is 1. The lowest BCUT2D eigenvalue weighted by Crippen LogP contribution is -2.20. The van der Waals surface area contributed by atoms with Crippen LogP contribution in [0.25, 0.3) is 22.6 Å². The van der Waals surface area contributed by atoms with Gasteiger partial charge in [-0.15, -0.1) is 0 Å². The van der Waals surface area contributed by atoms with E-state index < -0.39 is 0 Å². The van der Waals surface area contributed by atoms with Gasteiger partial charge in [0.25, 0.3) is 5.91 Å². The number of aryl methyl sites for hydroxylation is 1. The molecule has 7 heteroatoms. The maximum absolute atomic E-state index is 12.2. The summed E-state index contributed by atoms with van der Waals surface area (Å²) in [4.78, 5) is 16.6. The van der Waals surface area contributed by atoms with E-state index in [2.05, 4.69) is 10.3 Å². The molecule has 1 aromatic heterocycles. The number of nitrogen functional groups attached to an aromatic ring is 1. The second-order valence-corrected chi connectivity index (χ2v) is 6.79. The summed E-state index contributed by atoms with van der Waals surface area (Å²) in [6.45, 7) is 1.86. The quantitative estimate of drug-likeness (QED) is 0.333. The van der Waals surface area contributed by atoms with E-state index in [1.165, 1.54) is 0 Å². The number of oxazole rings is 1. The van der Waals surface area contributed by atoms with Gasteiger partial charge in [-0.3, -0.25) is 10.2 Å². The third-order valence-corrected chi connectivity index (χ3v) is 4.57. The Morgan fingerprint density at radius 1 is 1.13 bits per heavy atom. The van der Waals surface area contributed by atoms with Crippen LogP contribution in [0.5, 0.6) is 5.75 Å². The summed E-state index contributed by atoms with van der Waals surface area (Å²) in [6.07, 6.45) is 0. The van der Waals surface area contributed by atoms with Crippen LogP contribution in [0.2, 0.25) is 0 Å². The molecule has 30 heavy (non-hydrogen) atoms. The van der Waals surface area contributed by atoms with Crippen LogP contribution in [0.1, 0.15) is 11.1 Å². The molecule has 4 aromatic rings. The van der Waals surface area contributed by atoms with Crippen LogP contribution in [0.15, 0.2) is 71.1 Å². The number of nitrogens with zero attached hydrogens (tertiary/aromatic N) is 1. The van der Waals surface area contributed by atoms with Gasteiger partial charge in [0.1, 0.15) is 17.1 Å². The Kier molecular flexibility index (Phi) is 5.17. The van der Waals surface area contributed by atoms with Crippen molar-refractivity contribution in [3.63, 3.8) is 0 Å². The number of hydrogen-bond donors (Lipinski definition) is 3. The number of benzene rings is 3. The van der Waals surface area contributed by atoms with Gasteiger partial charge in [-0.25, -0.2) is 4.98 Å². The number of amidine groups is 1. The average molecular weight is 400 g/mol. The fraction of sp³-hybridized carbons (Fsp3) is 0.0870. The van der Waals surface area contributed by atoms with Crippen molar-refractivity contribution >= 4 is 28.5 Å². The largest absolute Gasteiger partial charge is 0.483 e. The number of anilines is 1. The highest BCUT2D eigenvalue weighted by molar-refractivity contribution is 5.98. The summed E-state index contributed by atoms with van der Waals surface area (Å²) in [5, 5.41) is 10.3. The highest BCUT2D eigenvalue weighted by Gasteiger charge is 2.11. The number of rotatable bonds is 6. The molecule has 0 bridgehead atoms. The van der Waals surface area contributed by atoms with E-state index in [1.54, 1.807) is 30.3 Å². The first kappa shape index (κ1) is 19.2. The molecule has 7 nitrogen and oxygen atoms in total. The SMILES string of the molecule is Cc1ccccc1OCC(=O)Nc1ccc(-c2nc3cc(C(=N)N)ccc3o2)cc1. The molecule has 0 saturated carbocycles. The van der Waals surface area contributed by atoms with Crippen molar-refractivity contribution in [2.24, 2.45) is 5.73 Å². The molecule has 1 heterocycles. The molecule has 0 saturated heterocycles. The van der Waals surface area contributed by atoms with E-state index in [0.29, 0.717) is 34.0 Å². The first-order valence-corrected chi connectivity index (χ1v) is 9.33. The topological polar surface area (TPSA) is 114 Å². The monoisotopic (exact) mass is 400 g/mol. The Morgan fingerprint density at radius 2 is 1.90 bits per heavy atom. The number of amides is 1. The summed E-state index contributed by atoms with van der Waals surface area (Å²) in [5.41, 5.74) is 9.74. The first-order chi connectivity index (χ1) is 14.5. The third-order valence-electron chi connectivity index (χ3n) is 4.57. The lowest BCUT2D eigenvalue weighted by molar-refractivity contribution is -0.118. The third kappa shape index (κ3) is 4.15. The molecule has 0 aliphatic rings. The van der Waals surface area contributed by atoms with Crippen LogP contribution < -0.4 is 15.8 Å². The van der Waals surface area contributed by atoms with Gasteiger partial charge < -0.3 is 20.2 Å². The zero-order valence-electron chi connectivity index (χ0n) is 16.3. The predicted molar refractivity (Wildman–Crippen MR) is 116 cm³/mol. The number of fused-ring (bicyclic) bond motifs is 1. The van der Waals surface area contributed by atoms with Crippen LogP contribution in [0, 0.1) is 12.3 Å². The zero-order chi connectivity index (χ0) is 21.1. The van der Waals surface area contributed by atoms with E-state index in [9.17, 15) is 4.79 Å². The molecule has 0 aliphatic carbocycles.